The van der Waals surface area contributed by atoms with Crippen molar-refractivity contribution < 1.29 is 37.6 Å². The Balaban J connectivity index is 0.00000121. The number of nitrogens with zero attached hydrogens (tertiary/aromatic N) is 1. The molecule has 0 fully saturated rings. The molecule has 0 atom stereocenters. The second-order valence-corrected chi connectivity index (χ2v) is 1.96. The third-order valence-corrected chi connectivity index (χ3v) is 1.28. The van der Waals surface area contributed by atoms with Crippen LogP contribution in [0.3, 0.4) is 0 Å². The number of benzene rings is 1. The molecule has 0 spiro atoms. The molecule has 1 aromatic carbocycles. The van der Waals surface area contributed by atoms with E-state index in [1.54, 1.807) is 18.2 Å². The number of aromatic carboxylic acids is 1. The van der Waals surface area contributed by atoms with Gasteiger partial charge < -0.3 is 5.11 Å². The van der Waals surface area contributed by atoms with Crippen LogP contribution in [0.15, 0.2) is 24.3 Å². The molecule has 0 aromatic heterocycles. The van der Waals surface area contributed by atoms with Crippen molar-refractivity contribution in [2.75, 3.05) is 0 Å². The number of carbonyl (C=O) groups is 1. The van der Waals surface area contributed by atoms with Crippen LogP contribution in [0.5, 0.6) is 0 Å². The maximum absolute atomic E-state index is 10.4. The van der Waals surface area contributed by atoms with Gasteiger partial charge in [0.05, 0.1) is 11.1 Å². The van der Waals surface area contributed by atoms with E-state index >= 15 is 0 Å². The normalized spacial score (nSPS) is 7.92. The van der Waals surface area contributed by atoms with E-state index in [4.69, 9.17) is 10.4 Å². The number of rotatable bonds is 1. The van der Waals surface area contributed by atoms with Crippen LogP contribution in [0.25, 0.3) is 0 Å². The van der Waals surface area contributed by atoms with Crippen molar-refractivity contribution in [1.29, 1.82) is 5.26 Å². The van der Waals surface area contributed by atoms with Crippen molar-refractivity contribution >= 4 is 5.97 Å². The molecule has 12 heavy (non-hydrogen) atoms. The summed E-state index contributed by atoms with van der Waals surface area (Å²) in [6.45, 7) is 0. The van der Waals surface area contributed by atoms with Crippen LogP contribution in [-0.4, -0.2) is 11.1 Å². The standard InChI is InChI=1S/C8H5NO2.Hg/c9-5-6-3-1-2-4-7(6)8(10)11;/h1-4H,(H,10,11);. The third kappa shape index (κ3) is 2.31. The van der Waals surface area contributed by atoms with Crippen molar-refractivity contribution in [2.24, 2.45) is 0 Å². The topological polar surface area (TPSA) is 61.1 Å². The summed E-state index contributed by atoms with van der Waals surface area (Å²) in [6, 6.07) is 7.89. The molecule has 0 radical (unpaired) electrons. The molecule has 0 heterocycles. The van der Waals surface area contributed by atoms with Crippen LogP contribution in [-0.2, 0) is 27.7 Å². The van der Waals surface area contributed by atoms with E-state index in [-0.39, 0.29) is 38.8 Å². The monoisotopic (exact) mass is 349 g/mol. The molecule has 56 valence electrons. The summed E-state index contributed by atoms with van der Waals surface area (Å²) in [6.07, 6.45) is 0. The molecule has 1 rings (SSSR count). The summed E-state index contributed by atoms with van der Waals surface area (Å²) in [5.41, 5.74) is 0.245. The maximum Gasteiger partial charge on any atom is 0.337 e. The smallest absolute Gasteiger partial charge is 0.337 e. The summed E-state index contributed by atoms with van der Waals surface area (Å²) >= 11 is 0. The fourth-order valence-corrected chi connectivity index (χ4v) is 0.767. The van der Waals surface area contributed by atoms with Gasteiger partial charge in [-0.1, -0.05) is 12.1 Å². The van der Waals surface area contributed by atoms with E-state index in [0.717, 1.165) is 0 Å². The van der Waals surface area contributed by atoms with Gasteiger partial charge in [-0.2, -0.15) is 5.26 Å². The first-order valence-electron chi connectivity index (χ1n) is 2.98. The van der Waals surface area contributed by atoms with E-state index < -0.39 is 5.97 Å². The van der Waals surface area contributed by atoms with Crippen LogP contribution >= 0.6 is 0 Å². The van der Waals surface area contributed by atoms with Gasteiger partial charge in [-0.05, 0) is 12.1 Å². The number of hydrogen-bond acceptors (Lipinski definition) is 2. The van der Waals surface area contributed by atoms with Crippen LogP contribution in [0.4, 0.5) is 0 Å². The molecular formula is C8H5HgNO2. The van der Waals surface area contributed by atoms with E-state index in [1.807, 2.05) is 0 Å². The maximum atomic E-state index is 10.4. The summed E-state index contributed by atoms with van der Waals surface area (Å²) in [7, 11) is 0. The third-order valence-electron chi connectivity index (χ3n) is 1.28. The molecule has 0 amide bonds. The van der Waals surface area contributed by atoms with Gasteiger partial charge in [-0.3, -0.25) is 0 Å². The second kappa shape index (κ2) is 4.89. The van der Waals surface area contributed by atoms with Crippen LogP contribution < -0.4 is 0 Å². The molecule has 0 saturated heterocycles. The van der Waals surface area contributed by atoms with Crippen molar-refractivity contribution in [3.05, 3.63) is 35.4 Å². The fourth-order valence-electron chi connectivity index (χ4n) is 0.767. The molecule has 0 unspecified atom stereocenters. The summed E-state index contributed by atoms with van der Waals surface area (Å²) < 4.78 is 0. The SMILES string of the molecule is N#Cc1ccccc1C(=O)O.[Hg]. The van der Waals surface area contributed by atoms with Gasteiger partial charge in [0, 0.05) is 27.7 Å². The first-order valence-corrected chi connectivity index (χ1v) is 2.98. The Morgan fingerprint density at radius 2 is 2.00 bits per heavy atom. The van der Waals surface area contributed by atoms with E-state index in [9.17, 15) is 4.79 Å². The molecule has 1 N–H and O–H groups in total. The van der Waals surface area contributed by atoms with Crippen LogP contribution in [0, 0.1) is 11.3 Å². The summed E-state index contributed by atoms with van der Waals surface area (Å²) in [4.78, 5) is 10.4. The Labute approximate surface area is 90.1 Å². The van der Waals surface area contributed by atoms with Gasteiger partial charge >= 0.3 is 5.97 Å². The molecule has 0 aliphatic carbocycles. The molecule has 1 aromatic rings. The number of carboxylic acids is 1. The molecule has 0 aliphatic heterocycles. The minimum atomic E-state index is -1.07. The molecule has 4 heteroatoms. The molecule has 0 bridgehead atoms. The number of carboxylic acid groups (broad SMARTS) is 1. The minimum absolute atomic E-state index is 0. The van der Waals surface area contributed by atoms with Gasteiger partial charge in [0.1, 0.15) is 6.07 Å². The Bertz CT molecular complexity index is 330. The van der Waals surface area contributed by atoms with Crippen molar-refractivity contribution in [3.8, 4) is 6.07 Å². The van der Waals surface area contributed by atoms with Crippen molar-refractivity contribution in [1.82, 2.24) is 0 Å². The second-order valence-electron chi connectivity index (χ2n) is 1.96. The van der Waals surface area contributed by atoms with Crippen molar-refractivity contribution in [2.45, 2.75) is 0 Å². The van der Waals surface area contributed by atoms with Gasteiger partial charge in [-0.25, -0.2) is 4.79 Å². The van der Waals surface area contributed by atoms with E-state index in [1.165, 1.54) is 12.1 Å². The Morgan fingerprint density at radius 3 is 2.42 bits per heavy atom. The molecule has 0 aliphatic rings. The first-order chi connectivity index (χ1) is 5.25. The average molecular weight is 348 g/mol. The number of hydrogen-bond donors (Lipinski definition) is 1. The van der Waals surface area contributed by atoms with E-state index in [2.05, 4.69) is 0 Å². The molecular weight excluding hydrogens is 343 g/mol. The zero-order valence-corrected chi connectivity index (χ0v) is 11.8. The predicted octanol–water partition coefficient (Wildman–Crippen LogP) is 1.25. The zero-order chi connectivity index (χ0) is 8.27. The summed E-state index contributed by atoms with van der Waals surface area (Å²) in [5.74, 6) is -1.07. The van der Waals surface area contributed by atoms with Crippen LogP contribution in [0.2, 0.25) is 0 Å². The molecule has 3 nitrogen and oxygen atoms in total. The average Bonchev–Trinajstić information content (AvgIpc) is 2.04. The quantitative estimate of drug-likeness (QED) is 0.778. The Hall–Kier alpha value is -0.885. The minimum Gasteiger partial charge on any atom is -0.478 e. The van der Waals surface area contributed by atoms with Gasteiger partial charge in [-0.15, -0.1) is 0 Å². The Kier molecular flexibility index (Phi) is 4.53. The first kappa shape index (κ1) is 11.1. The summed E-state index contributed by atoms with van der Waals surface area (Å²) in [5, 5.41) is 17.0. The van der Waals surface area contributed by atoms with Crippen molar-refractivity contribution in [3.63, 3.8) is 0 Å². The molecule has 0 saturated carbocycles. The fraction of sp³-hybridized carbons (Fsp3) is 0. The van der Waals surface area contributed by atoms with Crippen LogP contribution in [0.1, 0.15) is 15.9 Å². The largest absolute Gasteiger partial charge is 0.478 e. The Morgan fingerprint density at radius 1 is 1.42 bits per heavy atom. The zero-order valence-electron chi connectivity index (χ0n) is 6.32. The van der Waals surface area contributed by atoms with Gasteiger partial charge in [0.25, 0.3) is 0 Å². The van der Waals surface area contributed by atoms with Gasteiger partial charge in [0.15, 0.2) is 0 Å². The number of nitriles is 1. The van der Waals surface area contributed by atoms with E-state index in [0.29, 0.717) is 0 Å². The predicted molar refractivity (Wildman–Crippen MR) is 38.1 cm³/mol. The van der Waals surface area contributed by atoms with Gasteiger partial charge in [0.2, 0.25) is 0 Å².